The van der Waals surface area contributed by atoms with Crippen molar-refractivity contribution in [3.63, 3.8) is 0 Å². The Kier molecular flexibility index (Phi) is 4.38. The summed E-state index contributed by atoms with van der Waals surface area (Å²) in [5.74, 6) is 0.655. The van der Waals surface area contributed by atoms with Gasteiger partial charge in [-0.15, -0.1) is 0 Å². The SMILES string of the molecule is COc1c(Cl)cc(Cl)cc1CNCC1(CO)CC1. The summed E-state index contributed by atoms with van der Waals surface area (Å²) in [5.41, 5.74) is 1.03. The number of rotatable bonds is 6. The Morgan fingerprint density at radius 1 is 1.39 bits per heavy atom. The molecule has 5 heteroatoms. The largest absolute Gasteiger partial charge is 0.495 e. The van der Waals surface area contributed by atoms with Crippen LogP contribution in [0.4, 0.5) is 0 Å². The molecule has 0 aromatic heterocycles. The molecule has 1 aromatic rings. The minimum atomic E-state index is 0.0929. The summed E-state index contributed by atoms with van der Waals surface area (Å²) in [6.07, 6.45) is 2.17. The maximum Gasteiger partial charge on any atom is 0.142 e. The van der Waals surface area contributed by atoms with Crippen molar-refractivity contribution in [2.45, 2.75) is 19.4 Å². The highest BCUT2D eigenvalue weighted by molar-refractivity contribution is 6.35. The van der Waals surface area contributed by atoms with Gasteiger partial charge < -0.3 is 15.2 Å². The van der Waals surface area contributed by atoms with E-state index in [1.165, 1.54) is 0 Å². The van der Waals surface area contributed by atoms with E-state index in [9.17, 15) is 5.11 Å². The monoisotopic (exact) mass is 289 g/mol. The van der Waals surface area contributed by atoms with Gasteiger partial charge in [-0.1, -0.05) is 23.2 Å². The molecule has 2 rings (SSSR count). The van der Waals surface area contributed by atoms with Gasteiger partial charge in [0, 0.05) is 35.7 Å². The Balaban J connectivity index is 2.00. The molecule has 1 fully saturated rings. The second-order valence-corrected chi connectivity index (χ2v) is 5.69. The minimum Gasteiger partial charge on any atom is -0.495 e. The Morgan fingerprint density at radius 3 is 2.67 bits per heavy atom. The van der Waals surface area contributed by atoms with Crippen LogP contribution in [0.2, 0.25) is 10.0 Å². The van der Waals surface area contributed by atoms with E-state index in [0.717, 1.165) is 24.9 Å². The fraction of sp³-hybridized carbons (Fsp3) is 0.538. The van der Waals surface area contributed by atoms with E-state index in [-0.39, 0.29) is 12.0 Å². The summed E-state index contributed by atoms with van der Waals surface area (Å²) in [7, 11) is 1.59. The van der Waals surface area contributed by atoms with Crippen molar-refractivity contribution >= 4 is 23.2 Å². The lowest BCUT2D eigenvalue weighted by molar-refractivity contribution is 0.207. The zero-order valence-corrected chi connectivity index (χ0v) is 11.8. The number of hydrogen-bond acceptors (Lipinski definition) is 3. The Morgan fingerprint density at radius 2 is 2.11 bits per heavy atom. The molecule has 0 amide bonds. The topological polar surface area (TPSA) is 41.5 Å². The lowest BCUT2D eigenvalue weighted by Gasteiger charge is -2.15. The molecule has 18 heavy (non-hydrogen) atoms. The minimum absolute atomic E-state index is 0.0929. The third-order valence-corrected chi connectivity index (χ3v) is 3.90. The summed E-state index contributed by atoms with van der Waals surface area (Å²) in [6.45, 7) is 1.68. The Bertz CT molecular complexity index is 433. The summed E-state index contributed by atoms with van der Waals surface area (Å²) in [4.78, 5) is 0. The number of methoxy groups -OCH3 is 1. The first-order valence-electron chi connectivity index (χ1n) is 5.94. The van der Waals surface area contributed by atoms with Crippen LogP contribution in [0.25, 0.3) is 0 Å². The Labute approximate surface area is 117 Å². The highest BCUT2D eigenvalue weighted by Crippen LogP contribution is 2.44. The van der Waals surface area contributed by atoms with E-state index < -0.39 is 0 Å². The maximum absolute atomic E-state index is 9.24. The van der Waals surface area contributed by atoms with Crippen molar-refractivity contribution < 1.29 is 9.84 Å². The number of aliphatic hydroxyl groups excluding tert-OH is 1. The van der Waals surface area contributed by atoms with Gasteiger partial charge in [-0.2, -0.15) is 0 Å². The maximum atomic E-state index is 9.24. The van der Waals surface area contributed by atoms with E-state index in [0.29, 0.717) is 22.3 Å². The first-order valence-corrected chi connectivity index (χ1v) is 6.69. The van der Waals surface area contributed by atoms with Crippen molar-refractivity contribution in [1.29, 1.82) is 0 Å². The molecule has 1 saturated carbocycles. The molecule has 0 unspecified atom stereocenters. The van der Waals surface area contributed by atoms with Crippen LogP contribution in [0.5, 0.6) is 5.75 Å². The molecule has 2 N–H and O–H groups in total. The Hall–Kier alpha value is -0.480. The van der Waals surface area contributed by atoms with Crippen LogP contribution in [0.1, 0.15) is 18.4 Å². The van der Waals surface area contributed by atoms with Crippen LogP contribution in [0.3, 0.4) is 0 Å². The van der Waals surface area contributed by atoms with Crippen molar-refractivity contribution in [3.8, 4) is 5.75 Å². The van der Waals surface area contributed by atoms with Gasteiger partial charge in [-0.3, -0.25) is 0 Å². The zero-order chi connectivity index (χ0) is 13.2. The van der Waals surface area contributed by atoms with Crippen LogP contribution in [0, 0.1) is 5.41 Å². The predicted molar refractivity (Wildman–Crippen MR) is 73.5 cm³/mol. The van der Waals surface area contributed by atoms with Crippen molar-refractivity contribution in [1.82, 2.24) is 5.32 Å². The standard InChI is InChI=1S/C13H17Cl2NO2/c1-18-12-9(4-10(14)5-11(12)15)6-16-7-13(8-17)2-3-13/h4-5,16-17H,2-3,6-8H2,1H3. The number of ether oxygens (including phenoxy) is 1. The summed E-state index contributed by atoms with van der Waals surface area (Å²) in [5, 5.41) is 13.7. The first kappa shape index (κ1) is 13.9. The molecule has 0 saturated heterocycles. The van der Waals surface area contributed by atoms with Crippen molar-refractivity contribution in [2.75, 3.05) is 20.3 Å². The van der Waals surface area contributed by atoms with E-state index in [2.05, 4.69) is 5.32 Å². The summed E-state index contributed by atoms with van der Waals surface area (Å²) >= 11 is 12.0. The van der Waals surface area contributed by atoms with Crippen LogP contribution in [-0.4, -0.2) is 25.4 Å². The lowest BCUT2D eigenvalue weighted by atomic mass is 10.1. The molecule has 0 heterocycles. The van der Waals surface area contributed by atoms with Gasteiger partial charge in [0.15, 0.2) is 0 Å². The molecule has 0 atom stereocenters. The molecule has 100 valence electrons. The normalized spacial score (nSPS) is 16.7. The molecule has 1 aliphatic carbocycles. The van der Waals surface area contributed by atoms with Crippen LogP contribution >= 0.6 is 23.2 Å². The van der Waals surface area contributed by atoms with E-state index in [1.54, 1.807) is 13.2 Å². The van der Waals surface area contributed by atoms with Crippen molar-refractivity contribution in [3.05, 3.63) is 27.7 Å². The number of nitrogens with one attached hydrogen (secondary N) is 1. The van der Waals surface area contributed by atoms with E-state index in [1.807, 2.05) is 6.07 Å². The van der Waals surface area contributed by atoms with Gasteiger partial charge in [-0.05, 0) is 25.0 Å². The molecule has 0 spiro atoms. The van der Waals surface area contributed by atoms with Crippen LogP contribution < -0.4 is 10.1 Å². The molecular formula is C13H17Cl2NO2. The van der Waals surface area contributed by atoms with Crippen LogP contribution in [-0.2, 0) is 6.54 Å². The van der Waals surface area contributed by atoms with Crippen LogP contribution in [0.15, 0.2) is 12.1 Å². The predicted octanol–water partition coefficient (Wildman–Crippen LogP) is 2.86. The highest BCUT2D eigenvalue weighted by Gasteiger charge is 2.41. The molecule has 0 radical (unpaired) electrons. The number of hydrogen-bond donors (Lipinski definition) is 2. The fourth-order valence-corrected chi connectivity index (χ4v) is 2.62. The molecule has 3 nitrogen and oxygen atoms in total. The van der Waals surface area contributed by atoms with E-state index >= 15 is 0 Å². The smallest absolute Gasteiger partial charge is 0.142 e. The average Bonchev–Trinajstić information content (AvgIpc) is 3.09. The summed E-state index contributed by atoms with van der Waals surface area (Å²) in [6, 6.07) is 3.51. The quantitative estimate of drug-likeness (QED) is 0.846. The number of aliphatic hydroxyl groups is 1. The fourth-order valence-electron chi connectivity index (χ4n) is 2.00. The number of halogens is 2. The molecule has 0 aliphatic heterocycles. The third kappa shape index (κ3) is 3.09. The lowest BCUT2D eigenvalue weighted by Crippen LogP contribution is -2.26. The molecular weight excluding hydrogens is 273 g/mol. The van der Waals surface area contributed by atoms with Gasteiger partial charge in [0.25, 0.3) is 0 Å². The zero-order valence-electron chi connectivity index (χ0n) is 10.3. The number of benzene rings is 1. The van der Waals surface area contributed by atoms with Gasteiger partial charge >= 0.3 is 0 Å². The molecule has 0 bridgehead atoms. The van der Waals surface area contributed by atoms with E-state index in [4.69, 9.17) is 27.9 Å². The second-order valence-electron chi connectivity index (χ2n) is 4.84. The third-order valence-electron chi connectivity index (χ3n) is 3.40. The highest BCUT2D eigenvalue weighted by atomic mass is 35.5. The molecule has 1 aromatic carbocycles. The van der Waals surface area contributed by atoms with Gasteiger partial charge in [0.05, 0.1) is 12.1 Å². The second kappa shape index (κ2) is 5.66. The summed E-state index contributed by atoms with van der Waals surface area (Å²) < 4.78 is 5.28. The van der Waals surface area contributed by atoms with Gasteiger partial charge in [0.2, 0.25) is 0 Å². The van der Waals surface area contributed by atoms with Gasteiger partial charge in [-0.25, -0.2) is 0 Å². The molecule has 1 aliphatic rings. The average molecular weight is 290 g/mol. The van der Waals surface area contributed by atoms with Crippen molar-refractivity contribution in [2.24, 2.45) is 5.41 Å². The first-order chi connectivity index (χ1) is 8.60. The van der Waals surface area contributed by atoms with Gasteiger partial charge in [0.1, 0.15) is 5.75 Å².